The summed E-state index contributed by atoms with van der Waals surface area (Å²) < 4.78 is 0. The number of rotatable bonds is 3. The molecule has 0 atom stereocenters. The standard InChI is InChI=1S/C15H10N2O3/c1-2-11-6-5-7-12(10-11)16-15(18)13-8-3-4-9-14(13)17(19)20/h1,3-10H,(H,16,18). The van der Waals surface area contributed by atoms with E-state index in [1.54, 1.807) is 30.3 Å². The Labute approximate surface area is 115 Å². The van der Waals surface area contributed by atoms with Crippen LogP contribution in [0.4, 0.5) is 11.4 Å². The predicted molar refractivity (Wildman–Crippen MR) is 75.4 cm³/mol. The van der Waals surface area contributed by atoms with Gasteiger partial charge in [-0.2, -0.15) is 0 Å². The topological polar surface area (TPSA) is 72.2 Å². The van der Waals surface area contributed by atoms with E-state index in [4.69, 9.17) is 6.42 Å². The lowest BCUT2D eigenvalue weighted by Crippen LogP contribution is -2.13. The Morgan fingerprint density at radius 3 is 2.65 bits per heavy atom. The van der Waals surface area contributed by atoms with Crippen LogP contribution in [0.3, 0.4) is 0 Å². The molecule has 1 amide bonds. The molecule has 2 rings (SSSR count). The molecule has 1 N–H and O–H groups in total. The number of para-hydroxylation sites is 1. The van der Waals surface area contributed by atoms with Gasteiger partial charge in [-0.15, -0.1) is 6.42 Å². The highest BCUT2D eigenvalue weighted by molar-refractivity contribution is 6.07. The van der Waals surface area contributed by atoms with Crippen molar-refractivity contribution in [1.29, 1.82) is 0 Å². The van der Waals surface area contributed by atoms with Gasteiger partial charge in [-0.1, -0.05) is 24.1 Å². The molecule has 0 heterocycles. The zero-order chi connectivity index (χ0) is 14.5. The van der Waals surface area contributed by atoms with Gasteiger partial charge in [-0.25, -0.2) is 0 Å². The summed E-state index contributed by atoms with van der Waals surface area (Å²) in [7, 11) is 0. The molecule has 0 unspecified atom stereocenters. The maximum atomic E-state index is 12.1. The van der Waals surface area contributed by atoms with Crippen LogP contribution in [0, 0.1) is 22.5 Å². The number of nitrogens with one attached hydrogen (secondary N) is 1. The molecule has 5 heteroatoms. The number of hydrogen-bond acceptors (Lipinski definition) is 3. The summed E-state index contributed by atoms with van der Waals surface area (Å²) >= 11 is 0. The van der Waals surface area contributed by atoms with Crippen molar-refractivity contribution in [2.45, 2.75) is 0 Å². The van der Waals surface area contributed by atoms with Crippen LogP contribution in [0.5, 0.6) is 0 Å². The van der Waals surface area contributed by atoms with Gasteiger partial charge >= 0.3 is 0 Å². The van der Waals surface area contributed by atoms with Crippen LogP contribution in [0.2, 0.25) is 0 Å². The summed E-state index contributed by atoms with van der Waals surface area (Å²) in [5, 5.41) is 13.5. The van der Waals surface area contributed by atoms with Crippen LogP contribution in [0.15, 0.2) is 48.5 Å². The van der Waals surface area contributed by atoms with E-state index in [0.717, 1.165) is 0 Å². The summed E-state index contributed by atoms with van der Waals surface area (Å²) in [6.45, 7) is 0. The molecule has 20 heavy (non-hydrogen) atoms. The van der Waals surface area contributed by atoms with E-state index in [9.17, 15) is 14.9 Å². The maximum absolute atomic E-state index is 12.1. The van der Waals surface area contributed by atoms with E-state index >= 15 is 0 Å². The second kappa shape index (κ2) is 5.67. The minimum absolute atomic E-state index is 0.00334. The van der Waals surface area contributed by atoms with Gasteiger partial charge in [0.1, 0.15) is 5.56 Å². The molecule has 2 aromatic carbocycles. The van der Waals surface area contributed by atoms with Crippen molar-refractivity contribution in [3.63, 3.8) is 0 Å². The van der Waals surface area contributed by atoms with Crippen molar-refractivity contribution < 1.29 is 9.72 Å². The van der Waals surface area contributed by atoms with E-state index in [1.165, 1.54) is 18.2 Å². The second-order valence-corrected chi connectivity index (χ2v) is 3.95. The van der Waals surface area contributed by atoms with E-state index in [1.807, 2.05) is 0 Å². The summed E-state index contributed by atoms with van der Waals surface area (Å²) in [5.41, 5.74) is 0.871. The first kappa shape index (κ1) is 13.3. The van der Waals surface area contributed by atoms with Crippen LogP contribution in [-0.2, 0) is 0 Å². The molecule has 0 saturated heterocycles. The molecular weight excluding hydrogens is 256 g/mol. The third-order valence-electron chi connectivity index (χ3n) is 2.63. The monoisotopic (exact) mass is 266 g/mol. The van der Waals surface area contributed by atoms with Crippen LogP contribution in [-0.4, -0.2) is 10.8 Å². The van der Waals surface area contributed by atoms with Crippen molar-refractivity contribution in [2.75, 3.05) is 5.32 Å². The summed E-state index contributed by atoms with van der Waals surface area (Å²) in [4.78, 5) is 22.4. The van der Waals surface area contributed by atoms with Gasteiger partial charge in [-0.05, 0) is 24.3 Å². The van der Waals surface area contributed by atoms with E-state index < -0.39 is 10.8 Å². The average molecular weight is 266 g/mol. The zero-order valence-corrected chi connectivity index (χ0v) is 10.4. The smallest absolute Gasteiger partial charge is 0.282 e. The van der Waals surface area contributed by atoms with Gasteiger partial charge in [-0.3, -0.25) is 14.9 Å². The van der Waals surface area contributed by atoms with Crippen molar-refractivity contribution in [3.8, 4) is 12.3 Å². The number of nitrogens with zero attached hydrogens (tertiary/aromatic N) is 1. The Bertz CT molecular complexity index is 717. The Balaban J connectivity index is 2.29. The Morgan fingerprint density at radius 1 is 1.20 bits per heavy atom. The molecule has 0 fully saturated rings. The quantitative estimate of drug-likeness (QED) is 0.527. The number of nitro benzene ring substituents is 1. The number of nitro groups is 1. The van der Waals surface area contributed by atoms with Gasteiger partial charge in [0.05, 0.1) is 4.92 Å². The molecule has 0 saturated carbocycles. The lowest BCUT2D eigenvalue weighted by Gasteiger charge is -2.06. The number of anilines is 1. The minimum atomic E-state index is -0.591. The Hall–Kier alpha value is -3.13. The number of hydrogen-bond donors (Lipinski definition) is 1. The van der Waals surface area contributed by atoms with Gasteiger partial charge < -0.3 is 5.32 Å². The summed E-state index contributed by atoms with van der Waals surface area (Å²) in [5.74, 6) is 1.90. The molecule has 98 valence electrons. The fourth-order valence-corrected chi connectivity index (χ4v) is 1.71. The van der Waals surface area contributed by atoms with Gasteiger partial charge in [0.2, 0.25) is 0 Å². The molecule has 5 nitrogen and oxygen atoms in total. The molecule has 0 spiro atoms. The molecule has 0 bridgehead atoms. The third-order valence-corrected chi connectivity index (χ3v) is 2.63. The number of amides is 1. The second-order valence-electron chi connectivity index (χ2n) is 3.95. The van der Waals surface area contributed by atoms with Crippen LogP contribution in [0.25, 0.3) is 0 Å². The number of carbonyl (C=O) groups excluding carboxylic acids is 1. The van der Waals surface area contributed by atoms with Gasteiger partial charge in [0, 0.05) is 17.3 Å². The van der Waals surface area contributed by atoms with Crippen molar-refractivity contribution >= 4 is 17.3 Å². The van der Waals surface area contributed by atoms with E-state index in [2.05, 4.69) is 11.2 Å². The highest BCUT2D eigenvalue weighted by atomic mass is 16.6. The summed E-state index contributed by atoms with van der Waals surface area (Å²) in [6.07, 6.45) is 5.27. The normalized spacial score (nSPS) is 9.55. The molecule has 0 aliphatic rings. The van der Waals surface area contributed by atoms with Crippen LogP contribution in [0.1, 0.15) is 15.9 Å². The first-order valence-electron chi connectivity index (χ1n) is 5.73. The zero-order valence-electron chi connectivity index (χ0n) is 10.4. The number of terminal acetylenes is 1. The summed E-state index contributed by atoms with van der Waals surface area (Å²) in [6, 6.07) is 12.5. The molecule has 2 aromatic rings. The van der Waals surface area contributed by atoms with E-state index in [0.29, 0.717) is 11.3 Å². The average Bonchev–Trinajstić information content (AvgIpc) is 2.47. The van der Waals surface area contributed by atoms with E-state index in [-0.39, 0.29) is 11.3 Å². The van der Waals surface area contributed by atoms with Crippen molar-refractivity contribution in [2.24, 2.45) is 0 Å². The lowest BCUT2D eigenvalue weighted by atomic mass is 10.1. The highest BCUT2D eigenvalue weighted by Crippen LogP contribution is 2.19. The van der Waals surface area contributed by atoms with Crippen molar-refractivity contribution in [3.05, 3.63) is 69.8 Å². The highest BCUT2D eigenvalue weighted by Gasteiger charge is 2.19. The molecular formula is C15H10N2O3. The Kier molecular flexibility index (Phi) is 3.77. The molecule has 0 aliphatic heterocycles. The van der Waals surface area contributed by atoms with Gasteiger partial charge in [0.25, 0.3) is 11.6 Å². The minimum Gasteiger partial charge on any atom is -0.322 e. The first-order chi connectivity index (χ1) is 9.61. The maximum Gasteiger partial charge on any atom is 0.282 e. The molecule has 0 aliphatic carbocycles. The van der Waals surface area contributed by atoms with Crippen LogP contribution < -0.4 is 5.32 Å². The molecule has 0 radical (unpaired) electrons. The number of carbonyl (C=O) groups is 1. The third kappa shape index (κ3) is 2.82. The van der Waals surface area contributed by atoms with Crippen molar-refractivity contribution in [1.82, 2.24) is 0 Å². The fourth-order valence-electron chi connectivity index (χ4n) is 1.71. The Morgan fingerprint density at radius 2 is 1.95 bits per heavy atom. The SMILES string of the molecule is C#Cc1cccc(NC(=O)c2ccccc2[N+](=O)[O-])c1. The predicted octanol–water partition coefficient (Wildman–Crippen LogP) is 2.83. The fraction of sp³-hybridized carbons (Fsp3) is 0. The first-order valence-corrected chi connectivity index (χ1v) is 5.73. The number of benzene rings is 2. The lowest BCUT2D eigenvalue weighted by molar-refractivity contribution is -0.385. The molecule has 0 aromatic heterocycles. The van der Waals surface area contributed by atoms with Gasteiger partial charge in [0.15, 0.2) is 0 Å². The van der Waals surface area contributed by atoms with Crippen LogP contribution >= 0.6 is 0 Å². The largest absolute Gasteiger partial charge is 0.322 e.